The molecule has 23 heavy (non-hydrogen) atoms. The Morgan fingerprint density at radius 1 is 1.09 bits per heavy atom. The lowest BCUT2D eigenvalue weighted by Gasteiger charge is -2.36. The zero-order valence-corrected chi connectivity index (χ0v) is 14.6. The number of aliphatic hydroxyl groups excluding tert-OH is 1. The lowest BCUT2D eigenvalue weighted by molar-refractivity contribution is 0.186. The molecule has 0 spiro atoms. The van der Waals surface area contributed by atoms with E-state index in [0.29, 0.717) is 0 Å². The molecule has 5 heteroatoms. The first-order chi connectivity index (χ1) is 11.2. The standard InChI is InChI=1S/C18H31N3O2/c1-3-16-23-18-6-4-17(5-7-18)21-12-10-20(11-13-21)9-8-19(2)14-15-22/h4-7,22H,3,8-16H2,1-2H3. The van der Waals surface area contributed by atoms with Crippen LogP contribution in [-0.4, -0.2) is 81.0 Å². The van der Waals surface area contributed by atoms with Crippen molar-refractivity contribution >= 4 is 5.69 Å². The molecule has 1 aliphatic rings. The van der Waals surface area contributed by atoms with Crippen LogP contribution in [0.15, 0.2) is 24.3 Å². The van der Waals surface area contributed by atoms with Gasteiger partial charge in [-0.1, -0.05) is 6.92 Å². The molecule has 130 valence electrons. The van der Waals surface area contributed by atoms with E-state index < -0.39 is 0 Å². The van der Waals surface area contributed by atoms with Crippen LogP contribution >= 0.6 is 0 Å². The molecule has 1 aromatic carbocycles. The minimum atomic E-state index is 0.238. The van der Waals surface area contributed by atoms with Gasteiger partial charge in [0.1, 0.15) is 5.75 Å². The van der Waals surface area contributed by atoms with Gasteiger partial charge >= 0.3 is 0 Å². The van der Waals surface area contributed by atoms with E-state index in [-0.39, 0.29) is 6.61 Å². The zero-order chi connectivity index (χ0) is 16.5. The van der Waals surface area contributed by atoms with Gasteiger partial charge in [-0.2, -0.15) is 0 Å². The van der Waals surface area contributed by atoms with Crippen LogP contribution in [0.25, 0.3) is 0 Å². The van der Waals surface area contributed by atoms with Gasteiger partial charge in [0.25, 0.3) is 0 Å². The summed E-state index contributed by atoms with van der Waals surface area (Å²) in [5, 5.41) is 8.93. The van der Waals surface area contributed by atoms with Crippen molar-refractivity contribution in [1.82, 2.24) is 9.80 Å². The first-order valence-electron chi connectivity index (χ1n) is 8.72. The Balaban J connectivity index is 1.73. The van der Waals surface area contributed by atoms with Gasteiger partial charge in [0.2, 0.25) is 0 Å². The molecule has 1 fully saturated rings. The van der Waals surface area contributed by atoms with E-state index in [1.54, 1.807) is 0 Å². The Bertz CT molecular complexity index is 430. The lowest BCUT2D eigenvalue weighted by atomic mass is 10.2. The maximum atomic E-state index is 8.93. The van der Waals surface area contributed by atoms with E-state index in [1.165, 1.54) is 5.69 Å². The highest BCUT2D eigenvalue weighted by molar-refractivity contribution is 5.49. The number of piperazine rings is 1. The van der Waals surface area contributed by atoms with Crippen molar-refractivity contribution in [1.29, 1.82) is 0 Å². The fraction of sp³-hybridized carbons (Fsp3) is 0.667. The van der Waals surface area contributed by atoms with E-state index >= 15 is 0 Å². The summed E-state index contributed by atoms with van der Waals surface area (Å²) in [4.78, 5) is 7.13. The number of benzene rings is 1. The third-order valence-corrected chi connectivity index (χ3v) is 4.33. The van der Waals surface area contributed by atoms with Crippen LogP contribution in [0, 0.1) is 0 Å². The second-order valence-electron chi connectivity index (χ2n) is 6.20. The molecule has 0 aliphatic carbocycles. The monoisotopic (exact) mass is 321 g/mol. The second kappa shape index (κ2) is 9.75. The van der Waals surface area contributed by atoms with E-state index in [0.717, 1.165) is 64.6 Å². The summed E-state index contributed by atoms with van der Waals surface area (Å²) in [7, 11) is 2.06. The molecule has 1 saturated heterocycles. The molecule has 0 amide bonds. The maximum Gasteiger partial charge on any atom is 0.119 e. The number of aliphatic hydroxyl groups is 1. The smallest absolute Gasteiger partial charge is 0.119 e. The summed E-state index contributed by atoms with van der Waals surface area (Å²) in [6.45, 7) is 10.3. The summed E-state index contributed by atoms with van der Waals surface area (Å²) in [5.41, 5.74) is 1.28. The van der Waals surface area contributed by atoms with Gasteiger partial charge in [-0.25, -0.2) is 0 Å². The molecule has 1 N–H and O–H groups in total. The number of anilines is 1. The summed E-state index contributed by atoms with van der Waals surface area (Å²) >= 11 is 0. The third-order valence-electron chi connectivity index (χ3n) is 4.33. The van der Waals surface area contributed by atoms with E-state index in [9.17, 15) is 0 Å². The molecular formula is C18H31N3O2. The molecule has 0 bridgehead atoms. The highest BCUT2D eigenvalue weighted by Crippen LogP contribution is 2.20. The van der Waals surface area contributed by atoms with Crippen LogP contribution in [0.3, 0.4) is 0 Å². The first-order valence-corrected chi connectivity index (χ1v) is 8.72. The molecule has 1 aromatic rings. The fourth-order valence-electron chi connectivity index (χ4n) is 2.80. The Morgan fingerprint density at radius 2 is 1.78 bits per heavy atom. The van der Waals surface area contributed by atoms with Gasteiger partial charge in [-0.15, -0.1) is 0 Å². The predicted octanol–water partition coefficient (Wildman–Crippen LogP) is 1.52. The molecule has 1 heterocycles. The highest BCUT2D eigenvalue weighted by atomic mass is 16.5. The molecule has 0 atom stereocenters. The summed E-state index contributed by atoms with van der Waals surface area (Å²) in [6, 6.07) is 8.47. The number of likely N-dealkylation sites (N-methyl/N-ethyl adjacent to an activating group) is 1. The van der Waals surface area contributed by atoms with Crippen LogP contribution in [0.1, 0.15) is 13.3 Å². The molecule has 0 saturated carbocycles. The van der Waals surface area contributed by atoms with Gasteiger partial charge in [-0.3, -0.25) is 4.90 Å². The summed E-state index contributed by atoms with van der Waals surface area (Å²) in [5.74, 6) is 0.959. The average Bonchev–Trinajstić information content (AvgIpc) is 2.59. The average molecular weight is 321 g/mol. The van der Waals surface area contributed by atoms with Crippen molar-refractivity contribution in [3.63, 3.8) is 0 Å². The lowest BCUT2D eigenvalue weighted by Crippen LogP contribution is -2.48. The zero-order valence-electron chi connectivity index (χ0n) is 14.6. The van der Waals surface area contributed by atoms with Crippen molar-refractivity contribution in [2.45, 2.75) is 13.3 Å². The maximum absolute atomic E-state index is 8.93. The van der Waals surface area contributed by atoms with Crippen LogP contribution in [0.4, 0.5) is 5.69 Å². The quantitative estimate of drug-likeness (QED) is 0.747. The van der Waals surface area contributed by atoms with Crippen LogP contribution in [0.2, 0.25) is 0 Å². The molecule has 2 rings (SSSR count). The van der Waals surface area contributed by atoms with Crippen molar-refractivity contribution in [2.24, 2.45) is 0 Å². The first kappa shape index (κ1) is 18.0. The number of hydrogen-bond donors (Lipinski definition) is 1. The Labute approximate surface area is 140 Å². The normalized spacial score (nSPS) is 16.1. The Kier molecular flexibility index (Phi) is 7.65. The van der Waals surface area contributed by atoms with Crippen molar-refractivity contribution in [3.05, 3.63) is 24.3 Å². The summed E-state index contributed by atoms with van der Waals surface area (Å²) in [6.07, 6.45) is 1.04. The minimum Gasteiger partial charge on any atom is -0.494 e. The Hall–Kier alpha value is -1.30. The second-order valence-corrected chi connectivity index (χ2v) is 6.20. The highest BCUT2D eigenvalue weighted by Gasteiger charge is 2.17. The van der Waals surface area contributed by atoms with Crippen LogP contribution in [-0.2, 0) is 0 Å². The third kappa shape index (κ3) is 6.01. The van der Waals surface area contributed by atoms with Gasteiger partial charge in [0, 0.05) is 51.5 Å². The van der Waals surface area contributed by atoms with Crippen molar-refractivity contribution in [2.75, 3.05) is 71.0 Å². The molecule has 0 unspecified atom stereocenters. The molecular weight excluding hydrogens is 290 g/mol. The van der Waals surface area contributed by atoms with Gasteiger partial charge in [0.15, 0.2) is 0 Å². The molecule has 0 radical (unpaired) electrons. The number of rotatable bonds is 9. The van der Waals surface area contributed by atoms with Crippen molar-refractivity contribution < 1.29 is 9.84 Å². The van der Waals surface area contributed by atoms with Gasteiger partial charge in [-0.05, 0) is 37.7 Å². The molecule has 0 aromatic heterocycles. The number of ether oxygens (including phenoxy) is 1. The summed E-state index contributed by atoms with van der Waals surface area (Å²) < 4.78 is 5.64. The van der Waals surface area contributed by atoms with Crippen LogP contribution in [0.5, 0.6) is 5.75 Å². The largest absolute Gasteiger partial charge is 0.494 e. The molecule has 5 nitrogen and oxygen atoms in total. The number of hydrogen-bond acceptors (Lipinski definition) is 5. The minimum absolute atomic E-state index is 0.238. The van der Waals surface area contributed by atoms with E-state index in [1.807, 2.05) is 0 Å². The predicted molar refractivity (Wildman–Crippen MR) is 95.5 cm³/mol. The topological polar surface area (TPSA) is 39.2 Å². The van der Waals surface area contributed by atoms with Crippen molar-refractivity contribution in [3.8, 4) is 5.75 Å². The van der Waals surface area contributed by atoms with E-state index in [4.69, 9.17) is 9.84 Å². The Morgan fingerprint density at radius 3 is 2.39 bits per heavy atom. The fourth-order valence-corrected chi connectivity index (χ4v) is 2.80. The van der Waals surface area contributed by atoms with E-state index in [2.05, 4.69) is 52.9 Å². The molecule has 1 aliphatic heterocycles. The van der Waals surface area contributed by atoms with Gasteiger partial charge < -0.3 is 19.6 Å². The SMILES string of the molecule is CCCOc1ccc(N2CCN(CCN(C)CCO)CC2)cc1. The van der Waals surface area contributed by atoms with Crippen LogP contribution < -0.4 is 9.64 Å². The van der Waals surface area contributed by atoms with Gasteiger partial charge in [0.05, 0.1) is 13.2 Å². The number of nitrogens with zero attached hydrogens (tertiary/aromatic N) is 3.